The third-order valence-electron chi connectivity index (χ3n) is 6.35. The number of allylic oxidation sites excluding steroid dienone is 1. The molecule has 218 valence electrons. The SMILES string of the molecule is COc1cc(CC(C(=O)c2ccc3c(c2)OCO3)=C(C(=O)[O-])c2ccc3nsnc3c2)cc(OC(C)C)c1OC(C)C.[Na+]. The number of hydrogen-bond acceptors (Lipinski definition) is 11. The third-order valence-corrected chi connectivity index (χ3v) is 6.91. The minimum atomic E-state index is -1.51. The van der Waals surface area contributed by atoms with Gasteiger partial charge in [0.2, 0.25) is 12.5 Å². The van der Waals surface area contributed by atoms with Crippen molar-refractivity contribution in [2.24, 2.45) is 0 Å². The predicted molar refractivity (Wildman–Crippen MR) is 154 cm³/mol. The quantitative estimate of drug-likeness (QED) is 0.140. The Kier molecular flexibility index (Phi) is 10.3. The summed E-state index contributed by atoms with van der Waals surface area (Å²) in [7, 11) is 1.50. The van der Waals surface area contributed by atoms with Crippen LogP contribution in [0.15, 0.2) is 54.1 Å². The van der Waals surface area contributed by atoms with Crippen LogP contribution in [0.25, 0.3) is 16.6 Å². The number of carboxylic acid groups (broad SMARTS) is 1. The van der Waals surface area contributed by atoms with E-state index in [1.165, 1.54) is 7.11 Å². The minimum Gasteiger partial charge on any atom is -0.545 e. The summed E-state index contributed by atoms with van der Waals surface area (Å²) in [5.74, 6) is 0.0851. The zero-order valence-electron chi connectivity index (χ0n) is 24.8. The molecule has 0 saturated heterocycles. The molecule has 43 heavy (non-hydrogen) atoms. The van der Waals surface area contributed by atoms with Gasteiger partial charge in [0.15, 0.2) is 28.8 Å². The zero-order valence-corrected chi connectivity index (χ0v) is 27.6. The minimum absolute atomic E-state index is 0. The van der Waals surface area contributed by atoms with Crippen LogP contribution in [-0.4, -0.2) is 46.6 Å². The average Bonchev–Trinajstić information content (AvgIpc) is 3.61. The molecule has 0 spiro atoms. The van der Waals surface area contributed by atoms with E-state index < -0.39 is 11.8 Å². The normalized spacial score (nSPS) is 12.6. The Hall–Kier alpha value is -3.64. The molecular formula is C31H29N2NaO8S. The molecule has 0 atom stereocenters. The van der Waals surface area contributed by atoms with Crippen molar-refractivity contribution in [1.29, 1.82) is 0 Å². The number of ketones is 1. The summed E-state index contributed by atoms with van der Waals surface area (Å²) in [6.45, 7) is 7.57. The largest absolute Gasteiger partial charge is 1.00 e. The molecule has 5 rings (SSSR count). The fraction of sp³-hybridized carbons (Fsp3) is 0.290. The molecule has 0 fully saturated rings. The number of hydrogen-bond donors (Lipinski definition) is 0. The number of rotatable bonds is 11. The van der Waals surface area contributed by atoms with E-state index in [-0.39, 0.29) is 77.3 Å². The Bertz CT molecular complexity index is 1700. The van der Waals surface area contributed by atoms with Crippen LogP contribution in [0.3, 0.4) is 0 Å². The second kappa shape index (κ2) is 13.8. The smallest absolute Gasteiger partial charge is 0.545 e. The predicted octanol–water partition coefficient (Wildman–Crippen LogP) is 1.64. The van der Waals surface area contributed by atoms with Gasteiger partial charge in [-0.25, -0.2) is 0 Å². The molecule has 0 N–H and O–H groups in total. The summed E-state index contributed by atoms with van der Waals surface area (Å²) in [6.07, 6.45) is -0.444. The molecule has 0 aliphatic carbocycles. The van der Waals surface area contributed by atoms with Gasteiger partial charge in [-0.2, -0.15) is 8.75 Å². The number of Topliss-reactive ketones (excluding diaryl/α,β-unsaturated/α-hetero) is 1. The number of aromatic nitrogens is 2. The molecule has 0 bridgehead atoms. The van der Waals surface area contributed by atoms with Gasteiger partial charge in [-0.1, -0.05) is 6.07 Å². The van der Waals surface area contributed by atoms with Gasteiger partial charge < -0.3 is 33.6 Å². The van der Waals surface area contributed by atoms with Crippen molar-refractivity contribution in [2.45, 2.75) is 46.3 Å². The summed E-state index contributed by atoms with van der Waals surface area (Å²) in [5.41, 5.74) is 1.92. The van der Waals surface area contributed by atoms with Crippen molar-refractivity contribution in [1.82, 2.24) is 8.75 Å². The molecule has 4 aromatic rings. The molecule has 10 nitrogen and oxygen atoms in total. The average molecular weight is 613 g/mol. The molecule has 0 amide bonds. The van der Waals surface area contributed by atoms with Gasteiger partial charge in [0.25, 0.3) is 0 Å². The first-order chi connectivity index (χ1) is 20.1. The van der Waals surface area contributed by atoms with E-state index >= 15 is 0 Å². The van der Waals surface area contributed by atoms with Crippen molar-refractivity contribution < 1.29 is 67.9 Å². The maximum Gasteiger partial charge on any atom is 1.00 e. The van der Waals surface area contributed by atoms with Gasteiger partial charge in [0, 0.05) is 23.1 Å². The molecular weight excluding hydrogens is 583 g/mol. The van der Waals surface area contributed by atoms with Crippen LogP contribution >= 0.6 is 11.7 Å². The first kappa shape index (κ1) is 32.3. The van der Waals surface area contributed by atoms with Gasteiger partial charge in [-0.3, -0.25) is 4.79 Å². The number of carbonyl (C=O) groups excluding carboxylic acids is 2. The molecule has 1 aliphatic rings. The summed E-state index contributed by atoms with van der Waals surface area (Å²) in [5, 5.41) is 12.8. The Morgan fingerprint density at radius 3 is 2.26 bits per heavy atom. The van der Waals surface area contributed by atoms with Crippen LogP contribution in [-0.2, 0) is 11.2 Å². The van der Waals surface area contributed by atoms with Gasteiger partial charge in [0.05, 0.1) is 37.0 Å². The summed E-state index contributed by atoms with van der Waals surface area (Å²) < 4.78 is 37.0. The Labute approximate surface area is 275 Å². The zero-order chi connectivity index (χ0) is 30.0. The van der Waals surface area contributed by atoms with E-state index in [1.807, 2.05) is 27.7 Å². The second-order valence-electron chi connectivity index (χ2n) is 10.1. The second-order valence-corrected chi connectivity index (χ2v) is 10.7. The van der Waals surface area contributed by atoms with Gasteiger partial charge in [-0.15, -0.1) is 0 Å². The first-order valence-corrected chi connectivity index (χ1v) is 14.0. The fourth-order valence-electron chi connectivity index (χ4n) is 4.63. The van der Waals surface area contributed by atoms with Gasteiger partial charge in [0.1, 0.15) is 11.0 Å². The summed E-state index contributed by atoms with van der Waals surface area (Å²) in [6, 6.07) is 13.0. The van der Waals surface area contributed by atoms with E-state index in [9.17, 15) is 14.7 Å². The van der Waals surface area contributed by atoms with Crippen molar-refractivity contribution in [3.63, 3.8) is 0 Å². The van der Waals surface area contributed by atoms with Crippen molar-refractivity contribution in [3.8, 4) is 28.7 Å². The van der Waals surface area contributed by atoms with Crippen molar-refractivity contribution in [2.75, 3.05) is 13.9 Å². The van der Waals surface area contributed by atoms with Gasteiger partial charge >= 0.3 is 29.6 Å². The van der Waals surface area contributed by atoms with E-state index in [4.69, 9.17) is 23.7 Å². The molecule has 3 aromatic carbocycles. The number of fused-ring (bicyclic) bond motifs is 2. The molecule has 1 aliphatic heterocycles. The number of benzene rings is 3. The Morgan fingerprint density at radius 1 is 0.884 bits per heavy atom. The third kappa shape index (κ3) is 7.13. The van der Waals surface area contributed by atoms with Crippen LogP contribution in [0.2, 0.25) is 0 Å². The number of methoxy groups -OCH3 is 1. The summed E-state index contributed by atoms with van der Waals surface area (Å²) >= 11 is 1.01. The van der Waals surface area contributed by atoms with E-state index in [1.54, 1.807) is 48.5 Å². The van der Waals surface area contributed by atoms with E-state index in [0.717, 1.165) is 11.7 Å². The van der Waals surface area contributed by atoms with Crippen LogP contribution in [0.4, 0.5) is 0 Å². The van der Waals surface area contributed by atoms with Gasteiger partial charge in [-0.05, 0) is 81.3 Å². The van der Waals surface area contributed by atoms with Crippen LogP contribution in [0.5, 0.6) is 28.7 Å². The maximum atomic E-state index is 14.2. The van der Waals surface area contributed by atoms with E-state index in [0.29, 0.717) is 45.3 Å². The summed E-state index contributed by atoms with van der Waals surface area (Å²) in [4.78, 5) is 26.9. The topological polar surface area (TPSA) is 129 Å². The molecule has 12 heteroatoms. The molecule has 2 heterocycles. The monoisotopic (exact) mass is 612 g/mol. The molecule has 0 radical (unpaired) electrons. The first-order valence-electron chi connectivity index (χ1n) is 13.3. The molecule has 0 unspecified atom stereocenters. The number of carbonyl (C=O) groups is 2. The van der Waals surface area contributed by atoms with Crippen LogP contribution in [0.1, 0.15) is 49.2 Å². The van der Waals surface area contributed by atoms with Crippen LogP contribution in [0, 0.1) is 0 Å². The standard InChI is InChI=1S/C31H30N2O8S.Na/c1-16(2)40-27-12-18(11-26(37-5)30(27)41-17(3)4)10-21(29(34)20-7-9-24-25(14-20)39-15-38-24)28(31(35)36)19-6-8-22-23(13-19)33-42-32-22;/h6-9,11-14,16-17H,10,15H2,1-5H3,(H,35,36);/q;+1/p-1. The van der Waals surface area contributed by atoms with Crippen molar-refractivity contribution in [3.05, 3.63) is 70.8 Å². The maximum absolute atomic E-state index is 14.2. The number of nitrogens with zero attached hydrogens (tertiary/aromatic N) is 2. The fourth-order valence-corrected chi connectivity index (χ4v) is 5.15. The Balaban J connectivity index is 0.00000423. The van der Waals surface area contributed by atoms with Crippen molar-refractivity contribution >= 4 is 40.1 Å². The van der Waals surface area contributed by atoms with Crippen LogP contribution < -0.4 is 58.3 Å². The van der Waals surface area contributed by atoms with E-state index in [2.05, 4.69) is 8.75 Å². The number of aliphatic carboxylic acids is 1. The number of carboxylic acids is 1. The molecule has 0 saturated carbocycles. The molecule has 1 aromatic heterocycles. The number of ether oxygens (including phenoxy) is 5. The Morgan fingerprint density at radius 2 is 1.56 bits per heavy atom.